The van der Waals surface area contributed by atoms with Crippen LogP contribution in [-0.2, 0) is 6.54 Å². The van der Waals surface area contributed by atoms with E-state index in [9.17, 15) is 4.79 Å². The second-order valence-corrected chi connectivity index (χ2v) is 6.73. The summed E-state index contributed by atoms with van der Waals surface area (Å²) in [6, 6.07) is 15.2. The van der Waals surface area contributed by atoms with Gasteiger partial charge < -0.3 is 15.4 Å². The summed E-state index contributed by atoms with van der Waals surface area (Å²) < 4.78 is 5.13. The Morgan fingerprint density at radius 1 is 0.964 bits per heavy atom. The summed E-state index contributed by atoms with van der Waals surface area (Å²) >= 11 is 0. The Labute approximate surface area is 165 Å². The first-order chi connectivity index (χ1) is 13.5. The molecular formula is C22H24N4O2. The van der Waals surface area contributed by atoms with Crippen molar-refractivity contribution in [3.8, 4) is 5.75 Å². The lowest BCUT2D eigenvalue weighted by Gasteiger charge is -2.13. The summed E-state index contributed by atoms with van der Waals surface area (Å²) in [5.41, 5.74) is 5.76. The molecule has 0 unspecified atom stereocenters. The first-order valence-corrected chi connectivity index (χ1v) is 9.06. The number of nitrogens with one attached hydrogen (secondary N) is 2. The van der Waals surface area contributed by atoms with Crippen molar-refractivity contribution in [2.45, 2.75) is 27.3 Å². The molecule has 1 heterocycles. The first-order valence-electron chi connectivity index (χ1n) is 9.06. The molecule has 0 aliphatic rings. The highest BCUT2D eigenvalue weighted by atomic mass is 16.5. The van der Waals surface area contributed by atoms with Gasteiger partial charge in [0.05, 0.1) is 7.11 Å². The van der Waals surface area contributed by atoms with E-state index in [-0.39, 0.29) is 11.6 Å². The average Bonchev–Trinajstić information content (AvgIpc) is 2.69. The van der Waals surface area contributed by atoms with Gasteiger partial charge in [-0.25, -0.2) is 0 Å². The fourth-order valence-corrected chi connectivity index (χ4v) is 3.04. The maximum Gasteiger partial charge on any atom is 0.272 e. The van der Waals surface area contributed by atoms with Gasteiger partial charge in [-0.1, -0.05) is 29.8 Å². The molecule has 6 heteroatoms. The third-order valence-electron chi connectivity index (χ3n) is 4.44. The molecular weight excluding hydrogens is 352 g/mol. The monoisotopic (exact) mass is 376 g/mol. The Morgan fingerprint density at radius 3 is 2.21 bits per heavy atom. The molecule has 0 radical (unpaired) electrons. The number of ether oxygens (including phenoxy) is 1. The lowest BCUT2D eigenvalue weighted by molar-refractivity contribution is 0.0945. The van der Waals surface area contributed by atoms with E-state index in [1.165, 1.54) is 5.56 Å². The number of anilines is 2. The van der Waals surface area contributed by atoms with Crippen LogP contribution in [0, 0.1) is 20.8 Å². The minimum atomic E-state index is -0.266. The summed E-state index contributed by atoms with van der Waals surface area (Å²) in [4.78, 5) is 12.3. The number of nitrogens with zero attached hydrogens (tertiary/aromatic N) is 2. The van der Waals surface area contributed by atoms with E-state index >= 15 is 0 Å². The molecule has 0 aliphatic heterocycles. The maximum atomic E-state index is 12.3. The predicted octanol–water partition coefficient (Wildman–Crippen LogP) is 4.08. The Hall–Kier alpha value is -3.41. The zero-order chi connectivity index (χ0) is 20.1. The van der Waals surface area contributed by atoms with Crippen molar-refractivity contribution in [3.63, 3.8) is 0 Å². The van der Waals surface area contributed by atoms with Gasteiger partial charge in [-0.05, 0) is 61.7 Å². The second kappa shape index (κ2) is 8.52. The second-order valence-electron chi connectivity index (χ2n) is 6.73. The largest absolute Gasteiger partial charge is 0.497 e. The number of methoxy groups -OCH3 is 1. The molecule has 0 aliphatic carbocycles. The molecule has 0 saturated heterocycles. The number of carbonyl (C=O) groups excluding carboxylic acids is 1. The van der Waals surface area contributed by atoms with Crippen molar-refractivity contribution in [2.75, 3.05) is 12.4 Å². The van der Waals surface area contributed by atoms with Crippen LogP contribution in [-0.4, -0.2) is 23.2 Å². The first kappa shape index (κ1) is 19.4. The number of rotatable bonds is 6. The van der Waals surface area contributed by atoms with Gasteiger partial charge >= 0.3 is 0 Å². The standard InChI is InChI=1S/C22H24N4O2/c1-14-11-15(2)21(16(3)12-14)24-20-10-9-19(25-26-20)22(27)23-13-17-5-7-18(28-4)8-6-17/h5-12H,13H2,1-4H3,(H,23,27)(H,24,26). The molecule has 6 nitrogen and oxygen atoms in total. The van der Waals surface area contributed by atoms with Gasteiger partial charge in [0.15, 0.2) is 11.5 Å². The zero-order valence-electron chi connectivity index (χ0n) is 16.5. The highest BCUT2D eigenvalue weighted by Gasteiger charge is 2.10. The van der Waals surface area contributed by atoms with Crippen LogP contribution in [0.25, 0.3) is 0 Å². The van der Waals surface area contributed by atoms with E-state index in [2.05, 4.69) is 53.7 Å². The van der Waals surface area contributed by atoms with Gasteiger partial charge in [0, 0.05) is 12.2 Å². The lowest BCUT2D eigenvalue weighted by Crippen LogP contribution is -2.24. The SMILES string of the molecule is COc1ccc(CNC(=O)c2ccc(Nc3c(C)cc(C)cc3C)nn2)cc1. The number of hydrogen-bond donors (Lipinski definition) is 2. The van der Waals surface area contributed by atoms with E-state index in [0.29, 0.717) is 12.4 Å². The molecule has 1 amide bonds. The number of aryl methyl sites for hydroxylation is 3. The molecule has 0 spiro atoms. The molecule has 2 N–H and O–H groups in total. The van der Waals surface area contributed by atoms with Crippen LogP contribution in [0.15, 0.2) is 48.5 Å². The molecule has 0 bridgehead atoms. The van der Waals surface area contributed by atoms with E-state index < -0.39 is 0 Å². The number of hydrogen-bond acceptors (Lipinski definition) is 5. The number of carbonyl (C=O) groups is 1. The normalized spacial score (nSPS) is 10.4. The van der Waals surface area contributed by atoms with Gasteiger partial charge in [0.25, 0.3) is 5.91 Å². The van der Waals surface area contributed by atoms with Crippen molar-refractivity contribution in [3.05, 3.63) is 76.5 Å². The third-order valence-corrected chi connectivity index (χ3v) is 4.44. The zero-order valence-corrected chi connectivity index (χ0v) is 16.5. The summed E-state index contributed by atoms with van der Waals surface area (Å²) in [5.74, 6) is 1.11. The minimum absolute atomic E-state index is 0.266. The van der Waals surface area contributed by atoms with Crippen LogP contribution in [0.3, 0.4) is 0 Å². The fraction of sp³-hybridized carbons (Fsp3) is 0.227. The molecule has 3 rings (SSSR count). The summed E-state index contributed by atoms with van der Waals surface area (Å²) in [6.45, 7) is 6.59. The fourth-order valence-electron chi connectivity index (χ4n) is 3.04. The molecule has 28 heavy (non-hydrogen) atoms. The summed E-state index contributed by atoms with van der Waals surface area (Å²) in [6.07, 6.45) is 0. The average molecular weight is 376 g/mol. The number of amides is 1. The van der Waals surface area contributed by atoms with Crippen molar-refractivity contribution in [1.29, 1.82) is 0 Å². The highest BCUT2D eigenvalue weighted by molar-refractivity contribution is 5.92. The third kappa shape index (κ3) is 4.65. The van der Waals surface area contributed by atoms with Gasteiger partial charge in [0.2, 0.25) is 0 Å². The molecule has 1 aromatic heterocycles. The molecule has 3 aromatic rings. The van der Waals surface area contributed by atoms with E-state index in [1.54, 1.807) is 19.2 Å². The quantitative estimate of drug-likeness (QED) is 0.678. The van der Waals surface area contributed by atoms with E-state index in [4.69, 9.17) is 4.74 Å². The Balaban J connectivity index is 1.62. The van der Waals surface area contributed by atoms with Crippen LogP contribution >= 0.6 is 0 Å². The smallest absolute Gasteiger partial charge is 0.272 e. The summed E-state index contributed by atoms with van der Waals surface area (Å²) in [5, 5.41) is 14.3. The summed E-state index contributed by atoms with van der Waals surface area (Å²) in [7, 11) is 1.62. The lowest BCUT2D eigenvalue weighted by atomic mass is 10.1. The van der Waals surface area contributed by atoms with Crippen molar-refractivity contribution >= 4 is 17.4 Å². The van der Waals surface area contributed by atoms with Crippen molar-refractivity contribution in [1.82, 2.24) is 15.5 Å². The van der Waals surface area contributed by atoms with Crippen molar-refractivity contribution in [2.24, 2.45) is 0 Å². The van der Waals surface area contributed by atoms with Crippen LogP contribution in [0.5, 0.6) is 5.75 Å². The Morgan fingerprint density at radius 2 is 1.64 bits per heavy atom. The van der Waals surface area contributed by atoms with Crippen molar-refractivity contribution < 1.29 is 9.53 Å². The van der Waals surface area contributed by atoms with Gasteiger partial charge in [-0.2, -0.15) is 0 Å². The molecule has 0 saturated carbocycles. The van der Waals surface area contributed by atoms with Gasteiger partial charge in [-0.15, -0.1) is 10.2 Å². The molecule has 0 fully saturated rings. The minimum Gasteiger partial charge on any atom is -0.497 e. The van der Waals surface area contributed by atoms with Gasteiger partial charge in [0.1, 0.15) is 5.75 Å². The highest BCUT2D eigenvalue weighted by Crippen LogP contribution is 2.24. The molecule has 2 aromatic carbocycles. The van der Waals surface area contributed by atoms with Crippen LogP contribution in [0.4, 0.5) is 11.5 Å². The van der Waals surface area contributed by atoms with Crippen LogP contribution in [0.2, 0.25) is 0 Å². The number of aromatic nitrogens is 2. The Bertz CT molecular complexity index is 944. The molecule has 144 valence electrons. The molecule has 0 atom stereocenters. The van der Waals surface area contributed by atoms with Gasteiger partial charge in [-0.3, -0.25) is 4.79 Å². The number of benzene rings is 2. The topological polar surface area (TPSA) is 76.1 Å². The van der Waals surface area contributed by atoms with Crippen LogP contribution in [0.1, 0.15) is 32.7 Å². The predicted molar refractivity (Wildman–Crippen MR) is 110 cm³/mol. The van der Waals surface area contributed by atoms with E-state index in [1.807, 2.05) is 24.3 Å². The van der Waals surface area contributed by atoms with E-state index in [0.717, 1.165) is 28.1 Å². The maximum absolute atomic E-state index is 12.3. The Kier molecular flexibility index (Phi) is 5.89. The van der Waals surface area contributed by atoms with Crippen LogP contribution < -0.4 is 15.4 Å².